The van der Waals surface area contributed by atoms with Gasteiger partial charge in [0.05, 0.1) is 20.8 Å². The van der Waals surface area contributed by atoms with Crippen molar-refractivity contribution in [2.75, 3.05) is 40.4 Å². The van der Waals surface area contributed by atoms with Gasteiger partial charge in [-0.1, -0.05) is 0 Å². The molecule has 136 valence electrons. The van der Waals surface area contributed by atoms with Gasteiger partial charge in [-0.3, -0.25) is 4.99 Å². The number of rotatable bonds is 6. The zero-order valence-corrected chi connectivity index (χ0v) is 16.9. The average Bonchev–Trinajstić information content (AvgIpc) is 3.12. The lowest BCUT2D eigenvalue weighted by atomic mass is 10.1. The second-order valence-corrected chi connectivity index (χ2v) is 5.51. The lowest BCUT2D eigenvalue weighted by molar-refractivity contribution is 0.181. The number of likely N-dealkylation sites (tertiary alicyclic amines) is 1. The molecule has 7 heteroatoms. The van der Waals surface area contributed by atoms with Crippen molar-refractivity contribution in [3.05, 3.63) is 23.8 Å². The SMILES string of the molecule is CCNC(=NCC(O)c1cc(OC)ccc1OC)N1CCCC1.I. The average molecular weight is 449 g/mol. The molecule has 0 aliphatic carbocycles. The first-order valence-electron chi connectivity index (χ1n) is 8.12. The quantitative estimate of drug-likeness (QED) is 0.397. The van der Waals surface area contributed by atoms with E-state index in [0.29, 0.717) is 17.1 Å². The smallest absolute Gasteiger partial charge is 0.194 e. The Hall–Kier alpha value is -1.22. The molecule has 24 heavy (non-hydrogen) atoms. The lowest BCUT2D eigenvalue weighted by Crippen LogP contribution is -2.39. The van der Waals surface area contributed by atoms with Crippen LogP contribution in [0.3, 0.4) is 0 Å². The molecule has 1 fully saturated rings. The number of aliphatic hydroxyl groups excluding tert-OH is 1. The Bertz CT molecular complexity index is 534. The Kier molecular flexibility index (Phi) is 9.20. The number of nitrogens with zero attached hydrogens (tertiary/aromatic N) is 2. The van der Waals surface area contributed by atoms with E-state index < -0.39 is 6.10 Å². The van der Waals surface area contributed by atoms with Crippen molar-refractivity contribution in [3.63, 3.8) is 0 Å². The van der Waals surface area contributed by atoms with Gasteiger partial charge in [0.15, 0.2) is 5.96 Å². The number of guanidine groups is 1. The Balaban J connectivity index is 0.00000288. The maximum atomic E-state index is 10.5. The number of aliphatic imine (C=N–C) groups is 1. The minimum atomic E-state index is -0.740. The molecule has 1 atom stereocenters. The number of hydrogen-bond acceptors (Lipinski definition) is 4. The van der Waals surface area contributed by atoms with E-state index >= 15 is 0 Å². The van der Waals surface area contributed by atoms with Crippen molar-refractivity contribution < 1.29 is 14.6 Å². The van der Waals surface area contributed by atoms with Crippen LogP contribution in [0.15, 0.2) is 23.2 Å². The second-order valence-electron chi connectivity index (χ2n) is 5.51. The fourth-order valence-corrected chi connectivity index (χ4v) is 2.73. The summed E-state index contributed by atoms with van der Waals surface area (Å²) in [6, 6.07) is 5.40. The van der Waals surface area contributed by atoms with Gasteiger partial charge in [0.1, 0.15) is 17.6 Å². The Morgan fingerprint density at radius 2 is 2.00 bits per heavy atom. The summed E-state index contributed by atoms with van der Waals surface area (Å²) in [6.45, 7) is 5.18. The molecule has 1 aliphatic rings. The first-order chi connectivity index (χ1) is 11.2. The number of methoxy groups -OCH3 is 2. The van der Waals surface area contributed by atoms with Crippen LogP contribution in [0.5, 0.6) is 11.5 Å². The van der Waals surface area contributed by atoms with Crippen LogP contribution in [0.2, 0.25) is 0 Å². The molecule has 1 unspecified atom stereocenters. The number of nitrogens with one attached hydrogen (secondary N) is 1. The summed E-state index contributed by atoms with van der Waals surface area (Å²) in [6.07, 6.45) is 1.64. The van der Waals surface area contributed by atoms with Crippen LogP contribution < -0.4 is 14.8 Å². The van der Waals surface area contributed by atoms with E-state index in [-0.39, 0.29) is 30.5 Å². The molecule has 2 rings (SSSR count). The molecule has 1 aromatic carbocycles. The summed E-state index contributed by atoms with van der Waals surface area (Å²) >= 11 is 0. The highest BCUT2D eigenvalue weighted by molar-refractivity contribution is 14.0. The maximum Gasteiger partial charge on any atom is 0.194 e. The van der Waals surface area contributed by atoms with Gasteiger partial charge in [-0.2, -0.15) is 0 Å². The van der Waals surface area contributed by atoms with Crippen molar-refractivity contribution in [1.82, 2.24) is 10.2 Å². The Labute approximate surface area is 161 Å². The first kappa shape index (κ1) is 20.8. The zero-order chi connectivity index (χ0) is 16.7. The third-order valence-electron chi connectivity index (χ3n) is 3.95. The van der Waals surface area contributed by atoms with E-state index in [1.165, 1.54) is 12.8 Å². The highest BCUT2D eigenvalue weighted by Gasteiger charge is 2.18. The van der Waals surface area contributed by atoms with Gasteiger partial charge in [-0.25, -0.2) is 0 Å². The molecule has 0 saturated carbocycles. The standard InChI is InChI=1S/C17H27N3O3.HI/c1-4-18-17(20-9-5-6-10-20)19-12-15(21)14-11-13(22-2)7-8-16(14)23-3;/h7-8,11,15,21H,4-6,9-10,12H2,1-3H3,(H,18,19);1H. The molecule has 0 aromatic heterocycles. The molecule has 1 heterocycles. The molecule has 1 aromatic rings. The number of halogens is 1. The number of ether oxygens (including phenoxy) is 2. The molecular formula is C17H28IN3O3. The van der Waals surface area contributed by atoms with Crippen LogP contribution in [0, 0.1) is 0 Å². The van der Waals surface area contributed by atoms with Gasteiger partial charge in [0.25, 0.3) is 0 Å². The van der Waals surface area contributed by atoms with E-state index in [0.717, 1.165) is 25.6 Å². The van der Waals surface area contributed by atoms with Crippen LogP contribution in [0.1, 0.15) is 31.4 Å². The van der Waals surface area contributed by atoms with Crippen LogP contribution in [0.25, 0.3) is 0 Å². The van der Waals surface area contributed by atoms with Crippen LogP contribution in [-0.2, 0) is 0 Å². The van der Waals surface area contributed by atoms with Crippen LogP contribution in [-0.4, -0.2) is 56.4 Å². The Morgan fingerprint density at radius 3 is 2.58 bits per heavy atom. The molecule has 1 aliphatic heterocycles. The summed E-state index contributed by atoms with van der Waals surface area (Å²) in [5.41, 5.74) is 0.688. The molecule has 0 amide bonds. The first-order valence-corrected chi connectivity index (χ1v) is 8.12. The molecule has 0 bridgehead atoms. The van der Waals surface area contributed by atoms with Gasteiger partial charge < -0.3 is 24.8 Å². The second kappa shape index (κ2) is 10.6. The van der Waals surface area contributed by atoms with Crippen LogP contribution in [0.4, 0.5) is 0 Å². The summed E-state index contributed by atoms with van der Waals surface area (Å²) in [5, 5.41) is 13.8. The largest absolute Gasteiger partial charge is 0.497 e. The monoisotopic (exact) mass is 449 g/mol. The lowest BCUT2D eigenvalue weighted by Gasteiger charge is -2.21. The van der Waals surface area contributed by atoms with Gasteiger partial charge in [0, 0.05) is 25.2 Å². The molecule has 0 spiro atoms. The predicted molar refractivity (Wildman–Crippen MR) is 107 cm³/mol. The summed E-state index contributed by atoms with van der Waals surface area (Å²) in [5.74, 6) is 2.20. The van der Waals surface area contributed by atoms with Crippen molar-refractivity contribution >= 4 is 29.9 Å². The maximum absolute atomic E-state index is 10.5. The van der Waals surface area contributed by atoms with Crippen molar-refractivity contribution in [2.45, 2.75) is 25.9 Å². The third-order valence-corrected chi connectivity index (χ3v) is 3.95. The summed E-state index contributed by atoms with van der Waals surface area (Å²) in [4.78, 5) is 6.82. The van der Waals surface area contributed by atoms with E-state index in [9.17, 15) is 5.11 Å². The predicted octanol–water partition coefficient (Wildman–Crippen LogP) is 2.42. The third kappa shape index (κ3) is 5.41. The van der Waals surface area contributed by atoms with E-state index in [4.69, 9.17) is 9.47 Å². The van der Waals surface area contributed by atoms with Gasteiger partial charge in [0.2, 0.25) is 0 Å². The number of benzene rings is 1. The van der Waals surface area contributed by atoms with Gasteiger partial charge in [-0.15, -0.1) is 24.0 Å². The minimum Gasteiger partial charge on any atom is -0.497 e. The van der Waals surface area contributed by atoms with E-state index in [1.807, 2.05) is 13.0 Å². The van der Waals surface area contributed by atoms with Crippen molar-refractivity contribution in [3.8, 4) is 11.5 Å². The minimum absolute atomic E-state index is 0. The fraction of sp³-hybridized carbons (Fsp3) is 0.588. The van der Waals surface area contributed by atoms with Crippen LogP contribution >= 0.6 is 24.0 Å². The summed E-state index contributed by atoms with van der Waals surface area (Å²) in [7, 11) is 3.20. The van der Waals surface area contributed by atoms with E-state index in [1.54, 1.807) is 26.4 Å². The normalized spacial score (nSPS) is 15.7. The van der Waals surface area contributed by atoms with E-state index in [2.05, 4.69) is 15.2 Å². The molecule has 6 nitrogen and oxygen atoms in total. The van der Waals surface area contributed by atoms with Gasteiger partial charge >= 0.3 is 0 Å². The number of aliphatic hydroxyl groups is 1. The molecular weight excluding hydrogens is 421 g/mol. The summed E-state index contributed by atoms with van der Waals surface area (Å²) < 4.78 is 10.6. The molecule has 2 N–H and O–H groups in total. The number of hydrogen-bond donors (Lipinski definition) is 2. The highest BCUT2D eigenvalue weighted by Crippen LogP contribution is 2.29. The molecule has 0 radical (unpaired) electrons. The van der Waals surface area contributed by atoms with Gasteiger partial charge in [-0.05, 0) is 38.0 Å². The highest BCUT2D eigenvalue weighted by atomic mass is 127. The fourth-order valence-electron chi connectivity index (χ4n) is 2.73. The topological polar surface area (TPSA) is 66.3 Å². The van der Waals surface area contributed by atoms with Crippen molar-refractivity contribution in [2.24, 2.45) is 4.99 Å². The zero-order valence-electron chi connectivity index (χ0n) is 14.6. The molecule has 1 saturated heterocycles. The Morgan fingerprint density at radius 1 is 1.29 bits per heavy atom. The van der Waals surface area contributed by atoms with Crippen molar-refractivity contribution in [1.29, 1.82) is 0 Å².